The SMILES string of the molecule is CC(=O)Nc1ncc(-c2ccccc2)o1. The molecular weight excluding hydrogens is 192 g/mol. The molecule has 76 valence electrons. The van der Waals surface area contributed by atoms with E-state index in [1.165, 1.54) is 6.92 Å². The van der Waals surface area contributed by atoms with Crippen LogP contribution in [0.2, 0.25) is 0 Å². The van der Waals surface area contributed by atoms with E-state index in [-0.39, 0.29) is 11.9 Å². The van der Waals surface area contributed by atoms with Crippen LogP contribution in [0, 0.1) is 0 Å². The molecular formula is C11H10N2O2. The van der Waals surface area contributed by atoms with Gasteiger partial charge in [-0.2, -0.15) is 0 Å². The Kier molecular flexibility index (Phi) is 2.49. The molecule has 0 saturated heterocycles. The maximum Gasteiger partial charge on any atom is 0.301 e. The number of rotatable bonds is 2. The van der Waals surface area contributed by atoms with Gasteiger partial charge < -0.3 is 4.42 Å². The Morgan fingerprint density at radius 1 is 1.33 bits per heavy atom. The molecule has 4 heteroatoms. The van der Waals surface area contributed by atoms with E-state index >= 15 is 0 Å². The molecule has 1 aromatic heterocycles. The Morgan fingerprint density at radius 2 is 2.07 bits per heavy atom. The third-order valence-electron chi connectivity index (χ3n) is 1.85. The summed E-state index contributed by atoms with van der Waals surface area (Å²) in [7, 11) is 0. The summed E-state index contributed by atoms with van der Waals surface area (Å²) >= 11 is 0. The lowest BCUT2D eigenvalue weighted by molar-refractivity contribution is -0.114. The zero-order valence-electron chi connectivity index (χ0n) is 8.23. The average molecular weight is 202 g/mol. The summed E-state index contributed by atoms with van der Waals surface area (Å²) in [5, 5.41) is 2.48. The Morgan fingerprint density at radius 3 is 2.73 bits per heavy atom. The molecule has 0 aliphatic rings. The molecule has 1 N–H and O–H groups in total. The average Bonchev–Trinajstić information content (AvgIpc) is 2.67. The predicted octanol–water partition coefficient (Wildman–Crippen LogP) is 2.30. The number of carbonyl (C=O) groups is 1. The van der Waals surface area contributed by atoms with E-state index < -0.39 is 0 Å². The van der Waals surface area contributed by atoms with Crippen molar-refractivity contribution in [2.75, 3.05) is 5.32 Å². The summed E-state index contributed by atoms with van der Waals surface area (Å²) in [6, 6.07) is 9.80. The number of nitrogens with one attached hydrogen (secondary N) is 1. The fourth-order valence-corrected chi connectivity index (χ4v) is 1.22. The highest BCUT2D eigenvalue weighted by molar-refractivity contribution is 5.86. The highest BCUT2D eigenvalue weighted by atomic mass is 16.4. The van der Waals surface area contributed by atoms with Crippen molar-refractivity contribution in [3.63, 3.8) is 0 Å². The Labute approximate surface area is 86.9 Å². The van der Waals surface area contributed by atoms with Gasteiger partial charge >= 0.3 is 6.01 Å². The van der Waals surface area contributed by atoms with Gasteiger partial charge in [-0.3, -0.25) is 10.1 Å². The second-order valence-electron chi connectivity index (χ2n) is 3.08. The molecule has 0 aliphatic carbocycles. The summed E-state index contributed by atoms with van der Waals surface area (Å²) in [5.41, 5.74) is 0.932. The van der Waals surface area contributed by atoms with Crippen molar-refractivity contribution in [3.05, 3.63) is 36.5 Å². The van der Waals surface area contributed by atoms with Crippen LogP contribution in [0.4, 0.5) is 6.01 Å². The zero-order valence-corrected chi connectivity index (χ0v) is 8.23. The first-order valence-corrected chi connectivity index (χ1v) is 4.54. The van der Waals surface area contributed by atoms with Crippen molar-refractivity contribution in [3.8, 4) is 11.3 Å². The number of aromatic nitrogens is 1. The number of carbonyl (C=O) groups excluding carboxylic acids is 1. The van der Waals surface area contributed by atoms with Crippen molar-refractivity contribution in [2.45, 2.75) is 6.92 Å². The van der Waals surface area contributed by atoms with Gasteiger partial charge in [-0.15, -0.1) is 0 Å². The summed E-state index contributed by atoms with van der Waals surface area (Å²) in [6.07, 6.45) is 1.58. The molecule has 0 fully saturated rings. The molecule has 0 saturated carbocycles. The lowest BCUT2D eigenvalue weighted by atomic mass is 10.2. The van der Waals surface area contributed by atoms with Crippen LogP contribution >= 0.6 is 0 Å². The number of amides is 1. The molecule has 0 bridgehead atoms. The van der Waals surface area contributed by atoms with Crippen molar-refractivity contribution < 1.29 is 9.21 Å². The molecule has 0 spiro atoms. The number of oxazole rings is 1. The molecule has 0 unspecified atom stereocenters. The number of hydrogen-bond acceptors (Lipinski definition) is 3. The fraction of sp³-hybridized carbons (Fsp3) is 0.0909. The molecule has 0 atom stereocenters. The second-order valence-corrected chi connectivity index (χ2v) is 3.08. The van der Waals surface area contributed by atoms with Gasteiger partial charge in [0.15, 0.2) is 5.76 Å². The second kappa shape index (κ2) is 3.96. The van der Waals surface area contributed by atoms with Gasteiger partial charge in [-0.1, -0.05) is 30.3 Å². The lowest BCUT2D eigenvalue weighted by Gasteiger charge is -1.95. The maximum atomic E-state index is 10.7. The van der Waals surface area contributed by atoms with Crippen LogP contribution in [0.3, 0.4) is 0 Å². The molecule has 15 heavy (non-hydrogen) atoms. The quantitative estimate of drug-likeness (QED) is 0.812. The first-order chi connectivity index (χ1) is 7.25. The fourth-order valence-electron chi connectivity index (χ4n) is 1.22. The Balaban J connectivity index is 2.24. The maximum absolute atomic E-state index is 10.7. The van der Waals surface area contributed by atoms with E-state index in [1.54, 1.807) is 6.20 Å². The minimum Gasteiger partial charge on any atom is -0.423 e. The standard InChI is InChI=1S/C11H10N2O2/c1-8(14)13-11-12-7-10(15-11)9-5-3-2-4-6-9/h2-7H,1H3,(H,12,13,14). The molecule has 4 nitrogen and oxygen atoms in total. The molecule has 2 aromatic rings. The minimum atomic E-state index is -0.198. The summed E-state index contributed by atoms with van der Waals surface area (Å²) in [5.74, 6) is 0.441. The predicted molar refractivity (Wildman–Crippen MR) is 56.2 cm³/mol. The Hall–Kier alpha value is -2.10. The Bertz CT molecular complexity index is 462. The monoisotopic (exact) mass is 202 g/mol. The normalized spacial score (nSPS) is 9.93. The van der Waals surface area contributed by atoms with Crippen molar-refractivity contribution >= 4 is 11.9 Å². The van der Waals surface area contributed by atoms with Gasteiger partial charge in [0.2, 0.25) is 5.91 Å². The van der Waals surface area contributed by atoms with E-state index in [4.69, 9.17) is 4.42 Å². The molecule has 1 heterocycles. The number of hydrogen-bond donors (Lipinski definition) is 1. The smallest absolute Gasteiger partial charge is 0.301 e. The van der Waals surface area contributed by atoms with Crippen LogP contribution < -0.4 is 5.32 Å². The van der Waals surface area contributed by atoms with Crippen LogP contribution in [0.25, 0.3) is 11.3 Å². The molecule has 2 rings (SSSR count). The van der Waals surface area contributed by atoms with Crippen LogP contribution in [0.5, 0.6) is 0 Å². The van der Waals surface area contributed by atoms with E-state index in [2.05, 4.69) is 10.3 Å². The van der Waals surface area contributed by atoms with E-state index in [1.807, 2.05) is 30.3 Å². The first-order valence-electron chi connectivity index (χ1n) is 4.54. The largest absolute Gasteiger partial charge is 0.423 e. The van der Waals surface area contributed by atoms with Gasteiger partial charge in [-0.05, 0) is 0 Å². The van der Waals surface area contributed by atoms with E-state index in [0.717, 1.165) is 5.56 Å². The molecule has 0 radical (unpaired) electrons. The lowest BCUT2D eigenvalue weighted by Crippen LogP contribution is -2.05. The molecule has 1 aromatic carbocycles. The van der Waals surface area contributed by atoms with Crippen molar-refractivity contribution in [1.82, 2.24) is 4.98 Å². The summed E-state index contributed by atoms with van der Waals surface area (Å²) in [4.78, 5) is 14.7. The molecule has 0 aliphatic heterocycles. The van der Waals surface area contributed by atoms with Crippen LogP contribution in [0.1, 0.15) is 6.92 Å². The van der Waals surface area contributed by atoms with Gasteiger partial charge in [0.1, 0.15) is 0 Å². The van der Waals surface area contributed by atoms with Crippen molar-refractivity contribution in [1.29, 1.82) is 0 Å². The van der Waals surface area contributed by atoms with E-state index in [9.17, 15) is 4.79 Å². The highest BCUT2D eigenvalue weighted by Crippen LogP contribution is 2.21. The van der Waals surface area contributed by atoms with Gasteiger partial charge in [-0.25, -0.2) is 4.98 Å². The minimum absolute atomic E-state index is 0.198. The van der Waals surface area contributed by atoms with Crippen LogP contribution in [0.15, 0.2) is 40.9 Å². The van der Waals surface area contributed by atoms with Gasteiger partial charge in [0, 0.05) is 12.5 Å². The van der Waals surface area contributed by atoms with Crippen molar-refractivity contribution in [2.24, 2.45) is 0 Å². The van der Waals surface area contributed by atoms with Gasteiger partial charge in [0.05, 0.1) is 6.20 Å². The summed E-state index contributed by atoms with van der Waals surface area (Å²) in [6.45, 7) is 1.41. The summed E-state index contributed by atoms with van der Waals surface area (Å²) < 4.78 is 5.34. The first kappa shape index (κ1) is 9.45. The number of anilines is 1. The van der Waals surface area contributed by atoms with E-state index in [0.29, 0.717) is 5.76 Å². The third-order valence-corrected chi connectivity index (χ3v) is 1.85. The number of nitrogens with zero attached hydrogens (tertiary/aromatic N) is 1. The third kappa shape index (κ3) is 2.22. The zero-order chi connectivity index (χ0) is 10.7. The number of benzene rings is 1. The van der Waals surface area contributed by atoms with Crippen LogP contribution in [-0.2, 0) is 4.79 Å². The van der Waals surface area contributed by atoms with Crippen LogP contribution in [-0.4, -0.2) is 10.9 Å². The highest BCUT2D eigenvalue weighted by Gasteiger charge is 2.06. The topological polar surface area (TPSA) is 55.1 Å². The van der Waals surface area contributed by atoms with Gasteiger partial charge in [0.25, 0.3) is 0 Å². The molecule has 1 amide bonds.